The zero-order valence-electron chi connectivity index (χ0n) is 23.1. The Hall–Kier alpha value is -3.98. The lowest BCUT2D eigenvalue weighted by Gasteiger charge is -2.25. The number of aliphatic hydroxyl groups excluding tert-OH is 1. The predicted octanol–water partition coefficient (Wildman–Crippen LogP) is 5.87. The molecule has 39 heavy (non-hydrogen) atoms. The van der Waals surface area contributed by atoms with Gasteiger partial charge in [-0.2, -0.15) is 0 Å². The van der Waals surface area contributed by atoms with Crippen LogP contribution in [0.3, 0.4) is 0 Å². The summed E-state index contributed by atoms with van der Waals surface area (Å²) in [5.74, 6) is -1.91. The monoisotopic (exact) mass is 548 g/mol. The third-order valence-corrected chi connectivity index (χ3v) is 7.81. The number of aromatic nitrogens is 1. The first-order valence-corrected chi connectivity index (χ1v) is 13.4. The van der Waals surface area contributed by atoms with Crippen molar-refractivity contribution < 1.29 is 29.0 Å². The Kier molecular flexibility index (Phi) is 7.66. The van der Waals surface area contributed by atoms with Crippen molar-refractivity contribution in [3.63, 3.8) is 0 Å². The minimum atomic E-state index is -0.957. The molecule has 1 aliphatic heterocycles. The van der Waals surface area contributed by atoms with Crippen molar-refractivity contribution in [2.24, 2.45) is 0 Å². The molecule has 1 atom stereocenters. The normalized spacial score (nSPS) is 17.0. The third kappa shape index (κ3) is 5.18. The van der Waals surface area contributed by atoms with Gasteiger partial charge in [0, 0.05) is 5.56 Å². The van der Waals surface area contributed by atoms with Crippen LogP contribution in [-0.4, -0.2) is 41.5 Å². The maximum absolute atomic E-state index is 13.5. The van der Waals surface area contributed by atoms with Crippen molar-refractivity contribution in [2.45, 2.75) is 53.0 Å². The van der Waals surface area contributed by atoms with Crippen molar-refractivity contribution in [1.82, 2.24) is 4.98 Å². The largest absolute Gasteiger partial charge is 0.507 e. The van der Waals surface area contributed by atoms with Gasteiger partial charge in [-0.05, 0) is 61.1 Å². The molecule has 1 saturated heterocycles. The molecule has 0 spiro atoms. The molecule has 8 nitrogen and oxygen atoms in total. The lowest BCUT2D eigenvalue weighted by molar-refractivity contribution is -0.132. The second-order valence-electron chi connectivity index (χ2n) is 10.4. The van der Waals surface area contributed by atoms with Gasteiger partial charge in [-0.25, -0.2) is 9.78 Å². The number of ketones is 1. The number of hydrogen-bond acceptors (Lipinski definition) is 8. The van der Waals surface area contributed by atoms with Crippen LogP contribution >= 0.6 is 11.3 Å². The number of hydrogen-bond donors (Lipinski definition) is 1. The van der Waals surface area contributed by atoms with Gasteiger partial charge in [0.2, 0.25) is 0 Å². The average molecular weight is 549 g/mol. The van der Waals surface area contributed by atoms with Gasteiger partial charge in [-0.1, -0.05) is 56.4 Å². The van der Waals surface area contributed by atoms with E-state index in [2.05, 4.69) is 25.8 Å². The smallest absolute Gasteiger partial charge is 0.350 e. The summed E-state index contributed by atoms with van der Waals surface area (Å²) >= 11 is 0.981. The van der Waals surface area contributed by atoms with E-state index >= 15 is 0 Å². The first kappa shape index (κ1) is 28.0. The molecule has 1 N–H and O–H groups in total. The maximum atomic E-state index is 13.5. The van der Waals surface area contributed by atoms with Crippen molar-refractivity contribution in [1.29, 1.82) is 0 Å². The number of Topliss-reactive ketones (excluding diaryl/α,β-unsaturated/α-hetero) is 1. The number of aryl methyl sites for hydroxylation is 2. The van der Waals surface area contributed by atoms with Crippen LogP contribution in [0.15, 0.2) is 48.0 Å². The molecule has 3 aromatic rings. The molecule has 2 aromatic carbocycles. The lowest BCUT2D eigenvalue weighted by Crippen LogP contribution is -2.29. The summed E-state index contributed by atoms with van der Waals surface area (Å²) < 4.78 is 10.4. The van der Waals surface area contributed by atoms with Crippen LogP contribution < -0.4 is 9.64 Å². The van der Waals surface area contributed by atoms with Gasteiger partial charge in [0.1, 0.15) is 16.4 Å². The first-order valence-electron chi connectivity index (χ1n) is 12.6. The molecule has 0 radical (unpaired) electrons. The molecule has 0 unspecified atom stereocenters. The summed E-state index contributed by atoms with van der Waals surface area (Å²) in [5.41, 5.74) is 3.01. The summed E-state index contributed by atoms with van der Waals surface area (Å²) in [5, 5.41) is 11.7. The van der Waals surface area contributed by atoms with E-state index in [-0.39, 0.29) is 33.4 Å². The highest BCUT2D eigenvalue weighted by atomic mass is 32.1. The van der Waals surface area contributed by atoms with Crippen LogP contribution in [-0.2, 0) is 19.7 Å². The number of anilines is 1. The van der Waals surface area contributed by atoms with Gasteiger partial charge in [-0.3, -0.25) is 14.5 Å². The van der Waals surface area contributed by atoms with Gasteiger partial charge in [0.15, 0.2) is 5.13 Å². The van der Waals surface area contributed by atoms with Crippen LogP contribution in [0.5, 0.6) is 5.75 Å². The number of methoxy groups -OCH3 is 1. The van der Waals surface area contributed by atoms with Crippen LogP contribution in [0.2, 0.25) is 0 Å². The fourth-order valence-electron chi connectivity index (χ4n) is 4.56. The fourth-order valence-corrected chi connectivity index (χ4v) is 5.54. The third-order valence-electron chi connectivity index (χ3n) is 6.68. The fraction of sp³-hybridized carbons (Fsp3) is 0.333. The van der Waals surface area contributed by atoms with E-state index in [1.807, 2.05) is 24.3 Å². The Morgan fingerprint density at radius 3 is 2.33 bits per heavy atom. The second kappa shape index (κ2) is 10.6. The van der Waals surface area contributed by atoms with Crippen LogP contribution in [0.25, 0.3) is 5.76 Å². The molecule has 1 fully saturated rings. The van der Waals surface area contributed by atoms with Crippen molar-refractivity contribution >= 4 is 39.9 Å². The molecule has 9 heteroatoms. The topological polar surface area (TPSA) is 106 Å². The molecule has 2 heterocycles. The Morgan fingerprint density at radius 1 is 1.10 bits per heavy atom. The van der Waals surface area contributed by atoms with E-state index in [9.17, 15) is 19.5 Å². The minimum Gasteiger partial charge on any atom is -0.507 e. The highest BCUT2D eigenvalue weighted by Gasteiger charge is 2.48. The number of benzene rings is 2. The average Bonchev–Trinajstić information content (AvgIpc) is 3.40. The highest BCUT2D eigenvalue weighted by molar-refractivity contribution is 7.17. The minimum absolute atomic E-state index is 0.0534. The van der Waals surface area contributed by atoms with E-state index in [1.165, 1.54) is 4.90 Å². The van der Waals surface area contributed by atoms with Gasteiger partial charge < -0.3 is 14.6 Å². The molecule has 1 aromatic heterocycles. The Morgan fingerprint density at radius 2 is 1.77 bits per heavy atom. The van der Waals surface area contributed by atoms with Gasteiger partial charge in [0.05, 0.1) is 31.0 Å². The Bertz CT molecular complexity index is 1480. The molecular weight excluding hydrogens is 516 g/mol. The van der Waals surface area contributed by atoms with Gasteiger partial charge in [-0.15, -0.1) is 0 Å². The number of esters is 1. The van der Waals surface area contributed by atoms with Gasteiger partial charge >= 0.3 is 11.9 Å². The molecule has 0 bridgehead atoms. The van der Waals surface area contributed by atoms with Crippen LogP contribution in [0.4, 0.5) is 5.13 Å². The number of nitrogens with zero attached hydrogens (tertiary/aromatic N) is 2. The standard InChI is InChI=1S/C30H32N2O6S/c1-8-38-28(36)26-17(3)31-29(39-26)32-23(18-9-11-19(12-10-18)30(4,5)6)22(25(34)27(32)35)24(33)21-14-13-20(37-7)15-16(21)2/h9-15,23,33H,8H2,1-7H3/b24-22+/t23-/m1/s1. The summed E-state index contributed by atoms with van der Waals surface area (Å²) in [6, 6.07) is 11.7. The highest BCUT2D eigenvalue weighted by Crippen LogP contribution is 2.44. The molecule has 1 aliphatic rings. The lowest BCUT2D eigenvalue weighted by atomic mass is 9.85. The summed E-state index contributed by atoms with van der Waals surface area (Å²) in [6.45, 7) is 11.6. The number of amides is 1. The number of ether oxygens (including phenoxy) is 2. The van der Waals surface area contributed by atoms with Crippen LogP contribution in [0, 0.1) is 13.8 Å². The SMILES string of the molecule is CCOC(=O)c1sc(N2C(=O)C(=O)/C(=C(/O)c3ccc(OC)cc3C)[C@H]2c2ccc(C(C)(C)C)cc2)nc1C. The van der Waals surface area contributed by atoms with Gasteiger partial charge in [0.25, 0.3) is 5.78 Å². The number of carbonyl (C=O) groups excluding carboxylic acids is 3. The van der Waals surface area contributed by atoms with Crippen molar-refractivity contribution in [3.05, 3.63) is 80.9 Å². The maximum Gasteiger partial charge on any atom is 0.350 e. The second-order valence-corrected chi connectivity index (χ2v) is 11.3. The quantitative estimate of drug-likeness (QED) is 0.178. The zero-order chi connectivity index (χ0) is 28.6. The number of carbonyl (C=O) groups is 3. The molecule has 4 rings (SSSR count). The molecular formula is C30H32N2O6S. The molecule has 204 valence electrons. The zero-order valence-corrected chi connectivity index (χ0v) is 23.9. The number of rotatable bonds is 6. The van der Waals surface area contributed by atoms with E-state index < -0.39 is 23.7 Å². The first-order chi connectivity index (χ1) is 18.4. The summed E-state index contributed by atoms with van der Waals surface area (Å²) in [6.07, 6.45) is 0. The van der Waals surface area contributed by atoms with E-state index in [4.69, 9.17) is 9.47 Å². The molecule has 0 saturated carbocycles. The summed E-state index contributed by atoms with van der Waals surface area (Å²) in [4.78, 5) is 45.5. The van der Waals surface area contributed by atoms with Crippen molar-refractivity contribution in [2.75, 3.05) is 18.6 Å². The predicted molar refractivity (Wildman–Crippen MR) is 150 cm³/mol. The number of thiazole rings is 1. The Labute approximate surface area is 231 Å². The van der Waals surface area contributed by atoms with E-state index in [1.54, 1.807) is 46.1 Å². The Balaban J connectivity index is 1.93. The van der Waals surface area contributed by atoms with Crippen LogP contribution in [0.1, 0.15) is 71.4 Å². The number of aliphatic hydroxyl groups is 1. The summed E-state index contributed by atoms with van der Waals surface area (Å²) in [7, 11) is 1.54. The van der Waals surface area contributed by atoms with E-state index in [0.717, 1.165) is 16.9 Å². The molecule has 0 aliphatic carbocycles. The van der Waals surface area contributed by atoms with Crippen molar-refractivity contribution in [3.8, 4) is 5.75 Å². The molecule has 1 amide bonds. The van der Waals surface area contributed by atoms with E-state index in [0.29, 0.717) is 28.1 Å².